The molecule has 0 aromatic heterocycles. The number of fused-ring (bicyclic) bond motifs is 3. The Morgan fingerprint density at radius 2 is 0.982 bits per heavy atom. The molecule has 2 aliphatic rings. The minimum atomic E-state index is 0. The Bertz CT molecular complexity index is 1930. The molecule has 1 unspecified atom stereocenters. The molecule has 0 nitrogen and oxygen atoms in total. The second-order valence-electron chi connectivity index (χ2n) is 20.1. The SMILES string of the molecule is CC(C)(C)c1[c-]c2c(cc1C(C)(C)C)-c1cc(C(C)(C)C)c(C(C)(C)C)cc1C2.CC1=[C-]C(C)C(C)=C1C.Cc1ccc([C](=[Zr+2])c2ccc(C)cc2)cc1.[Cl-].[Cl-]. The van der Waals surface area contributed by atoms with Crippen LogP contribution in [0.1, 0.15) is 166 Å². The van der Waals surface area contributed by atoms with Crippen molar-refractivity contribution in [1.29, 1.82) is 0 Å². The van der Waals surface area contributed by atoms with Crippen molar-refractivity contribution in [2.45, 2.75) is 153 Å². The number of allylic oxidation sites excluding steroid dienone is 4. The summed E-state index contributed by atoms with van der Waals surface area (Å²) in [6.07, 6.45) is 4.36. The first-order valence-electron chi connectivity index (χ1n) is 20.0. The normalized spacial score (nSPS) is 14.9. The Morgan fingerprint density at radius 3 is 1.32 bits per heavy atom. The Balaban J connectivity index is 0.000000335. The maximum absolute atomic E-state index is 3.90. The molecule has 3 heteroatoms. The minimum Gasteiger partial charge on any atom is -1.00 e. The molecule has 4 aromatic carbocycles. The smallest absolute Gasteiger partial charge is 1.00 e. The van der Waals surface area contributed by atoms with Gasteiger partial charge < -0.3 is 24.8 Å². The van der Waals surface area contributed by atoms with E-state index in [1.165, 1.54) is 111 Å². The zero-order chi connectivity index (χ0) is 40.7. The first-order chi connectivity index (χ1) is 24.7. The van der Waals surface area contributed by atoms with Gasteiger partial charge in [0, 0.05) is 0 Å². The second-order valence-corrected chi connectivity index (χ2v) is 21.3. The summed E-state index contributed by atoms with van der Waals surface area (Å²) in [4.78, 5) is 0. The van der Waals surface area contributed by atoms with E-state index in [9.17, 15) is 0 Å². The summed E-state index contributed by atoms with van der Waals surface area (Å²) in [5, 5.41) is 0. The van der Waals surface area contributed by atoms with Crippen LogP contribution in [-0.2, 0) is 52.3 Å². The number of hydrogen-bond donors (Lipinski definition) is 0. The van der Waals surface area contributed by atoms with E-state index in [0.717, 1.165) is 6.42 Å². The predicted octanol–water partition coefficient (Wildman–Crippen LogP) is 8.40. The van der Waals surface area contributed by atoms with Gasteiger partial charge in [0.1, 0.15) is 0 Å². The van der Waals surface area contributed by atoms with E-state index in [1.807, 2.05) is 0 Å². The largest absolute Gasteiger partial charge is 1.00 e. The monoisotopic (exact) mass is 864 g/mol. The first-order valence-corrected chi connectivity index (χ1v) is 21.2. The molecule has 0 amide bonds. The van der Waals surface area contributed by atoms with Crippen LogP contribution in [0, 0.1) is 31.9 Å². The molecule has 0 N–H and O–H groups in total. The molecule has 4 aromatic rings. The summed E-state index contributed by atoms with van der Waals surface area (Å²) in [5.74, 6) is 0.560. The maximum atomic E-state index is 3.90. The summed E-state index contributed by atoms with van der Waals surface area (Å²) in [6.45, 7) is 40.9. The summed E-state index contributed by atoms with van der Waals surface area (Å²) >= 11 is 1.46. The van der Waals surface area contributed by atoms with E-state index in [1.54, 1.807) is 0 Å². The molecule has 1 atom stereocenters. The third-order valence-electron chi connectivity index (χ3n) is 11.2. The quantitative estimate of drug-likeness (QED) is 0.157. The van der Waals surface area contributed by atoms with Gasteiger partial charge in [-0.05, 0) is 39.4 Å². The van der Waals surface area contributed by atoms with Crippen molar-refractivity contribution < 1.29 is 49.0 Å². The zero-order valence-corrected chi connectivity index (χ0v) is 41.9. The third-order valence-corrected chi connectivity index (χ3v) is 12.6. The van der Waals surface area contributed by atoms with Crippen LogP contribution in [0.4, 0.5) is 0 Å². The summed E-state index contributed by atoms with van der Waals surface area (Å²) < 4.78 is 1.42. The molecule has 0 saturated heterocycles. The molecule has 56 heavy (non-hydrogen) atoms. The second kappa shape index (κ2) is 18.7. The van der Waals surface area contributed by atoms with Gasteiger partial charge in [-0.25, -0.2) is 5.57 Å². The van der Waals surface area contributed by atoms with Crippen molar-refractivity contribution in [3.05, 3.63) is 151 Å². The van der Waals surface area contributed by atoms with Crippen molar-refractivity contribution >= 4 is 3.21 Å². The number of halogens is 2. The molecule has 0 aliphatic heterocycles. The van der Waals surface area contributed by atoms with E-state index >= 15 is 0 Å². The van der Waals surface area contributed by atoms with E-state index in [-0.39, 0.29) is 46.5 Å². The Hall–Kier alpha value is -2.31. The van der Waals surface area contributed by atoms with Crippen LogP contribution < -0.4 is 24.8 Å². The van der Waals surface area contributed by atoms with Gasteiger partial charge in [0.2, 0.25) is 0 Å². The average molecular weight is 867 g/mol. The number of aryl methyl sites for hydroxylation is 2. The predicted molar refractivity (Wildman–Crippen MR) is 234 cm³/mol. The molecule has 0 radical (unpaired) electrons. The van der Waals surface area contributed by atoms with Crippen LogP contribution >= 0.6 is 0 Å². The van der Waals surface area contributed by atoms with Crippen LogP contribution in [0.25, 0.3) is 11.1 Å². The van der Waals surface area contributed by atoms with Crippen molar-refractivity contribution in [3.63, 3.8) is 0 Å². The topological polar surface area (TPSA) is 0 Å². The van der Waals surface area contributed by atoms with E-state index in [0.29, 0.717) is 5.92 Å². The van der Waals surface area contributed by atoms with E-state index in [2.05, 4.69) is 203 Å². The van der Waals surface area contributed by atoms with Crippen LogP contribution in [-0.4, -0.2) is 3.21 Å². The molecule has 300 valence electrons. The van der Waals surface area contributed by atoms with Gasteiger partial charge in [0.25, 0.3) is 0 Å². The number of hydrogen-bond acceptors (Lipinski definition) is 0. The summed E-state index contributed by atoms with van der Waals surface area (Å²) in [6, 6.07) is 28.9. The van der Waals surface area contributed by atoms with Crippen molar-refractivity contribution in [1.82, 2.24) is 0 Å². The standard InChI is InChI=1S/C29H41.C15H14.C9H13.2ClH.Zr/c1-26(2,3)22-14-18-13-19-15-23(27(4,5)6)25(29(10,11)12)17-21(19)20(18)16-24(22)28(7,8)9;1-12-3-7-14(8-4-12)11-15-9-5-13(2)6-10-15;1-6-5-7(2)9(4)8(6)3;;;/h14,16-17H,13H2,1-12H3;3-10H,1-2H3;6H,1-4H3;2*1H;/q-1;;-1;;;+2/p-2. The average Bonchev–Trinajstić information content (AvgIpc) is 3.53. The van der Waals surface area contributed by atoms with Gasteiger partial charge in [-0.1, -0.05) is 133 Å². The first kappa shape index (κ1) is 49.8. The number of benzene rings is 4. The molecule has 0 spiro atoms. The molecule has 6 rings (SSSR count). The van der Waals surface area contributed by atoms with Crippen molar-refractivity contribution in [2.24, 2.45) is 5.92 Å². The molecule has 0 heterocycles. The van der Waals surface area contributed by atoms with Crippen LogP contribution in [0.15, 0.2) is 83.4 Å². The third kappa shape index (κ3) is 11.9. The van der Waals surface area contributed by atoms with Gasteiger partial charge >= 0.3 is 112 Å². The zero-order valence-electron chi connectivity index (χ0n) is 37.9. The molecular weight excluding hydrogens is 799 g/mol. The molecule has 0 fully saturated rings. The van der Waals surface area contributed by atoms with E-state index in [4.69, 9.17) is 0 Å². The fourth-order valence-corrected chi connectivity index (χ4v) is 8.21. The Labute approximate surface area is 370 Å². The fourth-order valence-electron chi connectivity index (χ4n) is 7.39. The van der Waals surface area contributed by atoms with Crippen LogP contribution in [0.5, 0.6) is 0 Å². The van der Waals surface area contributed by atoms with Gasteiger partial charge in [-0.3, -0.25) is 6.08 Å². The van der Waals surface area contributed by atoms with Crippen LogP contribution in [0.3, 0.4) is 0 Å². The van der Waals surface area contributed by atoms with Crippen molar-refractivity contribution in [3.8, 4) is 11.1 Å². The van der Waals surface area contributed by atoms with Gasteiger partial charge in [-0.15, -0.1) is 23.6 Å². The molecule has 0 saturated carbocycles. The van der Waals surface area contributed by atoms with Gasteiger partial charge in [-0.2, -0.15) is 28.8 Å². The van der Waals surface area contributed by atoms with Gasteiger partial charge in [0.15, 0.2) is 0 Å². The Kier molecular flexibility index (Phi) is 16.7. The molecular formula is C53H68Cl2Zr-2. The summed E-state index contributed by atoms with van der Waals surface area (Å²) in [7, 11) is 0. The Morgan fingerprint density at radius 1 is 0.571 bits per heavy atom. The van der Waals surface area contributed by atoms with Crippen molar-refractivity contribution in [2.75, 3.05) is 0 Å². The van der Waals surface area contributed by atoms with Crippen LogP contribution in [0.2, 0.25) is 0 Å². The van der Waals surface area contributed by atoms with Gasteiger partial charge in [0.05, 0.1) is 0 Å². The van der Waals surface area contributed by atoms with E-state index < -0.39 is 0 Å². The molecule has 0 bridgehead atoms. The number of rotatable bonds is 2. The minimum absolute atomic E-state index is 0. The molecule has 2 aliphatic carbocycles. The maximum Gasteiger partial charge on any atom is -1.00 e. The summed E-state index contributed by atoms with van der Waals surface area (Å²) in [5.41, 5.74) is 21.5. The fraction of sp³-hybridized carbons (Fsp3) is 0.453.